The van der Waals surface area contributed by atoms with Crippen molar-refractivity contribution in [3.63, 3.8) is 0 Å². The van der Waals surface area contributed by atoms with Gasteiger partial charge in [-0.25, -0.2) is 0 Å². The van der Waals surface area contributed by atoms with Crippen molar-refractivity contribution in [3.05, 3.63) is 6.92 Å². The average Bonchev–Trinajstić information content (AvgIpc) is 1.41. The molecule has 2 N–H and O–H groups in total. The molecule has 0 rings (SSSR count). The van der Waals surface area contributed by atoms with Crippen molar-refractivity contribution in [1.29, 1.82) is 0 Å². The molecule has 0 bridgehead atoms. The van der Waals surface area contributed by atoms with E-state index in [-0.39, 0.29) is 63.5 Å². The minimum absolute atomic E-state index is 0. The molecule has 0 aromatic rings. The largest absolute Gasteiger partial charge is 1.00 e. The SMILES string of the molecule is [CH2-]CCCO.[K+].[OH-]. The van der Waals surface area contributed by atoms with Gasteiger partial charge in [0.15, 0.2) is 0 Å². The van der Waals surface area contributed by atoms with Crippen LogP contribution in [0.15, 0.2) is 0 Å². The van der Waals surface area contributed by atoms with Gasteiger partial charge in [0.1, 0.15) is 0 Å². The van der Waals surface area contributed by atoms with Crippen LogP contribution < -0.4 is 51.4 Å². The molecule has 40 valence electrons. The summed E-state index contributed by atoms with van der Waals surface area (Å²) >= 11 is 0. The zero-order chi connectivity index (χ0) is 4.12. The fourth-order valence-electron chi connectivity index (χ4n) is 0.112. The van der Waals surface area contributed by atoms with Gasteiger partial charge in [-0.05, 0) is 0 Å². The molecule has 2 nitrogen and oxygen atoms in total. The van der Waals surface area contributed by atoms with Crippen molar-refractivity contribution in [2.75, 3.05) is 6.61 Å². The van der Waals surface area contributed by atoms with Crippen LogP contribution in [0.5, 0.6) is 0 Å². The predicted octanol–water partition coefficient (Wildman–Crippen LogP) is -2.58. The standard InChI is InChI=1S/C4H9O.K.H2O/c1-2-3-4-5;;/h5H,1-4H2;;1H2/q-1;+1;/p-1. The van der Waals surface area contributed by atoms with Crippen LogP contribution in [0.25, 0.3) is 0 Å². The summed E-state index contributed by atoms with van der Waals surface area (Å²) in [6, 6.07) is 0. The molecule has 0 heterocycles. The summed E-state index contributed by atoms with van der Waals surface area (Å²) in [5.74, 6) is 0. The maximum Gasteiger partial charge on any atom is 1.00 e. The monoisotopic (exact) mass is 129 g/mol. The molecule has 0 aromatic heterocycles. The molecule has 0 fully saturated rings. The third kappa shape index (κ3) is 18.4. The number of unbranched alkanes of at least 4 members (excludes halogenated alkanes) is 1. The van der Waals surface area contributed by atoms with Crippen LogP contribution in [0.1, 0.15) is 12.8 Å². The average molecular weight is 129 g/mol. The van der Waals surface area contributed by atoms with Crippen LogP contribution in [0, 0.1) is 6.92 Å². The van der Waals surface area contributed by atoms with Crippen LogP contribution in [0.4, 0.5) is 0 Å². The number of hydrogen-bond donors (Lipinski definition) is 1. The molecule has 0 aliphatic carbocycles. The van der Waals surface area contributed by atoms with Crippen LogP contribution in [0.3, 0.4) is 0 Å². The molecule has 0 spiro atoms. The van der Waals surface area contributed by atoms with Gasteiger partial charge in [0.25, 0.3) is 0 Å². The van der Waals surface area contributed by atoms with E-state index in [0.717, 1.165) is 12.8 Å². The number of aliphatic hydroxyl groups excluding tert-OH is 1. The van der Waals surface area contributed by atoms with E-state index in [1.54, 1.807) is 0 Å². The first-order valence-electron chi connectivity index (χ1n) is 1.82. The fraction of sp³-hybridized carbons (Fsp3) is 0.750. The Balaban J connectivity index is -0.0000000800. The van der Waals surface area contributed by atoms with Gasteiger partial charge < -0.3 is 17.5 Å². The van der Waals surface area contributed by atoms with Crippen LogP contribution in [-0.4, -0.2) is 17.2 Å². The summed E-state index contributed by atoms with van der Waals surface area (Å²) in [6.45, 7) is 3.80. The van der Waals surface area contributed by atoms with Gasteiger partial charge in [0, 0.05) is 6.61 Å². The van der Waals surface area contributed by atoms with Crippen LogP contribution >= 0.6 is 0 Å². The Bertz CT molecular complexity index is 17.2. The zero-order valence-electron chi connectivity index (χ0n) is 4.72. The van der Waals surface area contributed by atoms with Gasteiger partial charge in [-0.1, -0.05) is 6.42 Å². The summed E-state index contributed by atoms with van der Waals surface area (Å²) in [6.07, 6.45) is 1.68. The fourth-order valence-corrected chi connectivity index (χ4v) is 0.112. The summed E-state index contributed by atoms with van der Waals surface area (Å²) in [7, 11) is 0. The van der Waals surface area contributed by atoms with Crippen molar-refractivity contribution in [3.8, 4) is 0 Å². The van der Waals surface area contributed by atoms with Gasteiger partial charge >= 0.3 is 51.4 Å². The Kier molecular flexibility index (Phi) is 35.4. The first-order valence-corrected chi connectivity index (χ1v) is 1.82. The number of aliphatic hydroxyl groups is 1. The Morgan fingerprint density at radius 1 is 1.43 bits per heavy atom. The quantitative estimate of drug-likeness (QED) is 0.329. The van der Waals surface area contributed by atoms with Crippen LogP contribution in [-0.2, 0) is 0 Å². The molecule has 0 aliphatic rings. The van der Waals surface area contributed by atoms with Crippen molar-refractivity contribution in [1.82, 2.24) is 0 Å². The van der Waals surface area contributed by atoms with Gasteiger partial charge in [-0.3, -0.25) is 0 Å². The Morgan fingerprint density at radius 3 is 1.86 bits per heavy atom. The summed E-state index contributed by atoms with van der Waals surface area (Å²) in [5.41, 5.74) is 0. The van der Waals surface area contributed by atoms with E-state index in [9.17, 15) is 0 Å². The second kappa shape index (κ2) is 15.6. The minimum atomic E-state index is 0. The van der Waals surface area contributed by atoms with E-state index in [0.29, 0.717) is 0 Å². The van der Waals surface area contributed by atoms with E-state index >= 15 is 0 Å². The molecule has 0 atom stereocenters. The topological polar surface area (TPSA) is 50.2 Å². The van der Waals surface area contributed by atoms with E-state index in [2.05, 4.69) is 6.92 Å². The maximum absolute atomic E-state index is 8.03. The van der Waals surface area contributed by atoms with Gasteiger partial charge in [-0.2, -0.15) is 6.42 Å². The molecule has 0 aromatic carbocycles. The smallest absolute Gasteiger partial charge is 0.870 e. The van der Waals surface area contributed by atoms with E-state index in [1.165, 1.54) is 0 Å². The first kappa shape index (κ1) is 15.8. The van der Waals surface area contributed by atoms with E-state index in [4.69, 9.17) is 5.11 Å². The zero-order valence-corrected chi connectivity index (χ0v) is 7.85. The van der Waals surface area contributed by atoms with Crippen molar-refractivity contribution in [2.45, 2.75) is 12.8 Å². The maximum atomic E-state index is 8.03. The summed E-state index contributed by atoms with van der Waals surface area (Å²) in [4.78, 5) is 0. The van der Waals surface area contributed by atoms with Crippen molar-refractivity contribution in [2.24, 2.45) is 0 Å². The molecular weight excluding hydrogens is 119 g/mol. The normalized spacial score (nSPS) is 6.00. The molecule has 7 heavy (non-hydrogen) atoms. The molecule has 0 unspecified atom stereocenters. The number of hydrogen-bond acceptors (Lipinski definition) is 2. The van der Waals surface area contributed by atoms with E-state index in [1.807, 2.05) is 0 Å². The van der Waals surface area contributed by atoms with E-state index < -0.39 is 0 Å². The van der Waals surface area contributed by atoms with Crippen molar-refractivity contribution >= 4 is 0 Å². The Labute approximate surface area is 87.0 Å². The predicted molar refractivity (Wildman–Crippen MR) is 23.6 cm³/mol. The third-order valence-corrected chi connectivity index (χ3v) is 0.408. The first-order chi connectivity index (χ1) is 2.41. The molecule has 3 heteroatoms. The number of rotatable bonds is 2. The van der Waals surface area contributed by atoms with Gasteiger partial charge in [0.05, 0.1) is 0 Å². The second-order valence-corrected chi connectivity index (χ2v) is 0.931. The Hall–Kier alpha value is 1.56. The Morgan fingerprint density at radius 2 is 1.86 bits per heavy atom. The summed E-state index contributed by atoms with van der Waals surface area (Å²) < 4.78 is 0. The second-order valence-electron chi connectivity index (χ2n) is 0.931. The minimum Gasteiger partial charge on any atom is -0.870 e. The molecule has 0 saturated heterocycles. The molecule has 0 aliphatic heterocycles. The van der Waals surface area contributed by atoms with Crippen LogP contribution in [0.2, 0.25) is 0 Å². The molecule has 0 radical (unpaired) electrons. The third-order valence-electron chi connectivity index (χ3n) is 0.408. The van der Waals surface area contributed by atoms with Crippen molar-refractivity contribution < 1.29 is 62.0 Å². The molecule has 0 amide bonds. The van der Waals surface area contributed by atoms with Gasteiger partial charge in [0.2, 0.25) is 0 Å². The van der Waals surface area contributed by atoms with Gasteiger partial charge in [-0.15, -0.1) is 0 Å². The molecular formula is C4H10KO2-. The summed E-state index contributed by atoms with van der Waals surface area (Å²) in [5, 5.41) is 8.03. The molecule has 0 saturated carbocycles.